The first-order chi connectivity index (χ1) is 10.6. The standard InChI is InChI=1S/C17H16FNO3/c18-15-9-14(10-16(20)11-15)7-4-8-19-17(21)22-12-13-5-2-1-3-6-13/h1-7,9-11,20H,8,12H2,(H,19,21). The Bertz CT molecular complexity index is 636. The van der Waals surface area contributed by atoms with Crippen molar-refractivity contribution in [3.8, 4) is 5.75 Å². The van der Waals surface area contributed by atoms with Gasteiger partial charge in [-0.15, -0.1) is 0 Å². The third-order valence-corrected chi connectivity index (χ3v) is 2.79. The molecule has 4 nitrogen and oxygen atoms in total. The Hall–Kier alpha value is -2.82. The lowest BCUT2D eigenvalue weighted by Crippen LogP contribution is -2.24. The minimum atomic E-state index is -0.532. The second-order valence-corrected chi connectivity index (χ2v) is 4.59. The van der Waals surface area contributed by atoms with E-state index in [0.717, 1.165) is 11.6 Å². The van der Waals surface area contributed by atoms with Gasteiger partial charge in [-0.2, -0.15) is 0 Å². The minimum Gasteiger partial charge on any atom is -0.508 e. The first-order valence-corrected chi connectivity index (χ1v) is 6.74. The van der Waals surface area contributed by atoms with Gasteiger partial charge in [0.05, 0.1) is 0 Å². The molecule has 0 fully saturated rings. The fraction of sp³-hybridized carbons (Fsp3) is 0.118. The quantitative estimate of drug-likeness (QED) is 0.889. The van der Waals surface area contributed by atoms with Crippen molar-refractivity contribution < 1.29 is 19.0 Å². The molecular weight excluding hydrogens is 285 g/mol. The van der Waals surface area contributed by atoms with Gasteiger partial charge in [-0.05, 0) is 23.3 Å². The van der Waals surface area contributed by atoms with Gasteiger partial charge in [-0.25, -0.2) is 9.18 Å². The number of halogens is 1. The zero-order valence-corrected chi connectivity index (χ0v) is 11.8. The summed E-state index contributed by atoms with van der Waals surface area (Å²) in [6, 6.07) is 13.1. The molecule has 2 N–H and O–H groups in total. The Morgan fingerprint density at radius 2 is 2.00 bits per heavy atom. The van der Waals surface area contributed by atoms with Gasteiger partial charge >= 0.3 is 6.09 Å². The van der Waals surface area contributed by atoms with Crippen LogP contribution < -0.4 is 5.32 Å². The lowest BCUT2D eigenvalue weighted by atomic mass is 10.2. The summed E-state index contributed by atoms with van der Waals surface area (Å²) in [4.78, 5) is 11.5. The van der Waals surface area contributed by atoms with E-state index >= 15 is 0 Å². The van der Waals surface area contributed by atoms with Crippen LogP contribution in [0.15, 0.2) is 54.6 Å². The molecule has 0 unspecified atom stereocenters. The lowest BCUT2D eigenvalue weighted by molar-refractivity contribution is 0.141. The number of rotatable bonds is 5. The molecule has 0 saturated heterocycles. The molecule has 2 aromatic rings. The summed E-state index contributed by atoms with van der Waals surface area (Å²) < 4.78 is 18.1. The molecule has 2 rings (SSSR count). The molecule has 0 atom stereocenters. The van der Waals surface area contributed by atoms with E-state index in [4.69, 9.17) is 4.74 Å². The number of ether oxygens (including phenoxy) is 1. The number of carbonyl (C=O) groups excluding carboxylic acids is 1. The summed E-state index contributed by atoms with van der Waals surface area (Å²) in [5.74, 6) is -0.662. The number of phenols is 1. The van der Waals surface area contributed by atoms with Gasteiger partial charge in [0.1, 0.15) is 18.2 Å². The maximum absolute atomic E-state index is 13.0. The fourth-order valence-electron chi connectivity index (χ4n) is 1.80. The van der Waals surface area contributed by atoms with Crippen LogP contribution in [0.4, 0.5) is 9.18 Å². The maximum atomic E-state index is 13.0. The van der Waals surface area contributed by atoms with Gasteiger partial charge < -0.3 is 15.2 Å². The van der Waals surface area contributed by atoms with Gasteiger partial charge in [-0.3, -0.25) is 0 Å². The molecule has 0 bridgehead atoms. The van der Waals surface area contributed by atoms with Gasteiger partial charge in [0.25, 0.3) is 0 Å². The fourth-order valence-corrected chi connectivity index (χ4v) is 1.80. The van der Waals surface area contributed by atoms with Crippen LogP contribution in [0.1, 0.15) is 11.1 Å². The van der Waals surface area contributed by atoms with Crippen molar-refractivity contribution in [3.05, 3.63) is 71.6 Å². The smallest absolute Gasteiger partial charge is 0.407 e. The van der Waals surface area contributed by atoms with Crippen LogP contribution in [0, 0.1) is 5.82 Å². The number of phenolic OH excluding ortho intramolecular Hbond substituents is 1. The highest BCUT2D eigenvalue weighted by atomic mass is 19.1. The second-order valence-electron chi connectivity index (χ2n) is 4.59. The largest absolute Gasteiger partial charge is 0.508 e. The Kier molecular flexibility index (Phi) is 5.54. The van der Waals surface area contributed by atoms with E-state index in [1.54, 1.807) is 12.2 Å². The normalized spacial score (nSPS) is 10.6. The van der Waals surface area contributed by atoms with Crippen LogP contribution in [0.3, 0.4) is 0 Å². The average Bonchev–Trinajstić information content (AvgIpc) is 2.50. The third-order valence-electron chi connectivity index (χ3n) is 2.79. The van der Waals surface area contributed by atoms with Gasteiger partial charge in [0, 0.05) is 12.6 Å². The number of alkyl carbamates (subject to hydrolysis) is 1. The van der Waals surface area contributed by atoms with E-state index in [9.17, 15) is 14.3 Å². The highest BCUT2D eigenvalue weighted by Crippen LogP contribution is 2.15. The number of nitrogens with one attached hydrogen (secondary N) is 1. The molecule has 0 aromatic heterocycles. The number of aromatic hydroxyl groups is 1. The monoisotopic (exact) mass is 301 g/mol. The Labute approximate surface area is 127 Å². The molecule has 0 heterocycles. The van der Waals surface area contributed by atoms with Crippen LogP contribution in [-0.2, 0) is 11.3 Å². The molecule has 22 heavy (non-hydrogen) atoms. The Morgan fingerprint density at radius 1 is 1.23 bits per heavy atom. The summed E-state index contributed by atoms with van der Waals surface area (Å²) >= 11 is 0. The Morgan fingerprint density at radius 3 is 2.73 bits per heavy atom. The second kappa shape index (κ2) is 7.83. The van der Waals surface area contributed by atoms with Crippen LogP contribution in [0.2, 0.25) is 0 Å². The van der Waals surface area contributed by atoms with Crippen molar-refractivity contribution in [1.29, 1.82) is 0 Å². The summed E-state index contributed by atoms with van der Waals surface area (Å²) in [6.45, 7) is 0.444. The highest BCUT2D eigenvalue weighted by molar-refractivity contribution is 5.67. The summed E-state index contributed by atoms with van der Waals surface area (Å²) in [7, 11) is 0. The molecule has 2 aromatic carbocycles. The van der Waals surface area contributed by atoms with Crippen molar-refractivity contribution >= 4 is 12.2 Å². The summed E-state index contributed by atoms with van der Waals surface area (Å²) in [5, 5.41) is 11.8. The maximum Gasteiger partial charge on any atom is 0.407 e. The van der Waals surface area contributed by atoms with Crippen molar-refractivity contribution in [2.75, 3.05) is 6.54 Å². The van der Waals surface area contributed by atoms with Gasteiger partial charge in [-0.1, -0.05) is 42.5 Å². The number of benzene rings is 2. The molecule has 0 spiro atoms. The first-order valence-electron chi connectivity index (χ1n) is 6.74. The molecule has 0 aliphatic rings. The van der Waals surface area contributed by atoms with Gasteiger partial charge in [0.2, 0.25) is 0 Å². The summed E-state index contributed by atoms with van der Waals surface area (Å²) in [6.07, 6.45) is 2.70. The van der Waals surface area contributed by atoms with Crippen molar-refractivity contribution in [2.24, 2.45) is 0 Å². The topological polar surface area (TPSA) is 58.6 Å². The SMILES string of the molecule is O=C(NCC=Cc1cc(O)cc(F)c1)OCc1ccccc1. The average molecular weight is 301 g/mol. The number of amides is 1. The third kappa shape index (κ3) is 5.28. The van der Waals surface area contributed by atoms with E-state index in [1.807, 2.05) is 30.3 Å². The first kappa shape index (κ1) is 15.6. The molecule has 0 saturated carbocycles. The molecule has 0 aliphatic carbocycles. The van der Waals surface area contributed by atoms with Crippen LogP contribution in [0.25, 0.3) is 6.08 Å². The predicted octanol–water partition coefficient (Wildman–Crippen LogP) is 3.47. The number of carbonyl (C=O) groups is 1. The zero-order chi connectivity index (χ0) is 15.8. The van der Waals surface area contributed by atoms with Gasteiger partial charge in [0.15, 0.2) is 0 Å². The van der Waals surface area contributed by atoms with Crippen LogP contribution in [-0.4, -0.2) is 17.7 Å². The van der Waals surface area contributed by atoms with E-state index in [-0.39, 0.29) is 18.9 Å². The number of hydrogen-bond acceptors (Lipinski definition) is 3. The predicted molar refractivity (Wildman–Crippen MR) is 81.7 cm³/mol. The van der Waals surface area contributed by atoms with E-state index in [2.05, 4.69) is 5.32 Å². The molecular formula is C17H16FNO3. The van der Waals surface area contributed by atoms with E-state index in [1.165, 1.54) is 12.1 Å². The number of hydrogen-bond donors (Lipinski definition) is 2. The minimum absolute atomic E-state index is 0.144. The Balaban J connectivity index is 1.73. The van der Waals surface area contributed by atoms with E-state index in [0.29, 0.717) is 5.56 Å². The summed E-state index contributed by atoms with van der Waals surface area (Å²) in [5.41, 5.74) is 1.42. The van der Waals surface area contributed by atoms with Crippen molar-refractivity contribution in [1.82, 2.24) is 5.32 Å². The van der Waals surface area contributed by atoms with Crippen molar-refractivity contribution in [3.63, 3.8) is 0 Å². The van der Waals surface area contributed by atoms with Crippen LogP contribution in [0.5, 0.6) is 5.75 Å². The van der Waals surface area contributed by atoms with E-state index < -0.39 is 11.9 Å². The molecule has 1 amide bonds. The molecule has 5 heteroatoms. The highest BCUT2D eigenvalue weighted by Gasteiger charge is 2.00. The molecule has 114 valence electrons. The molecule has 0 radical (unpaired) electrons. The molecule has 0 aliphatic heterocycles. The van der Waals surface area contributed by atoms with Crippen molar-refractivity contribution in [2.45, 2.75) is 6.61 Å². The lowest BCUT2D eigenvalue weighted by Gasteiger charge is -2.05. The zero-order valence-electron chi connectivity index (χ0n) is 11.8. The van der Waals surface area contributed by atoms with Crippen LogP contribution >= 0.6 is 0 Å².